The van der Waals surface area contributed by atoms with E-state index in [1.807, 2.05) is 30.3 Å². The molecule has 2 heterocycles. The second-order valence-corrected chi connectivity index (χ2v) is 6.34. The molecule has 122 valence electrons. The highest BCUT2D eigenvalue weighted by atomic mass is 35.5. The summed E-state index contributed by atoms with van der Waals surface area (Å²) in [7, 11) is 0. The number of aromatic hydroxyl groups is 1. The van der Waals surface area contributed by atoms with Crippen LogP contribution in [0.3, 0.4) is 0 Å². The van der Waals surface area contributed by atoms with Gasteiger partial charge >= 0.3 is 0 Å². The summed E-state index contributed by atoms with van der Waals surface area (Å²) in [6, 6.07) is 13.0. The van der Waals surface area contributed by atoms with Crippen LogP contribution in [0, 0.1) is 0 Å². The molecule has 1 aromatic heterocycles. The van der Waals surface area contributed by atoms with E-state index in [1.54, 1.807) is 12.1 Å². The van der Waals surface area contributed by atoms with Crippen LogP contribution in [0.2, 0.25) is 5.02 Å². The maximum atomic E-state index is 10.1. The van der Waals surface area contributed by atoms with Crippen molar-refractivity contribution in [1.29, 1.82) is 0 Å². The summed E-state index contributed by atoms with van der Waals surface area (Å²) in [6.45, 7) is 1.91. The second kappa shape index (κ2) is 6.26. The molecule has 5 nitrogen and oxygen atoms in total. The van der Waals surface area contributed by atoms with Crippen LogP contribution in [0.15, 0.2) is 42.5 Å². The lowest BCUT2D eigenvalue weighted by atomic mass is 10.1. The minimum atomic E-state index is 0.160. The standard InChI is InChI=1S/C18H17ClN4O/c19-11-5-6-13-15(9-11)22-18(14-3-1-2-4-16(14)24)23-17(13)21-12-7-8-20-10-12/h1-6,9,12,20,24H,7-8,10H2,(H,21,22,23)/t12-/m0/s1. The Kier molecular flexibility index (Phi) is 3.96. The summed E-state index contributed by atoms with van der Waals surface area (Å²) in [4.78, 5) is 9.26. The predicted molar refractivity (Wildman–Crippen MR) is 96.5 cm³/mol. The van der Waals surface area contributed by atoms with Gasteiger partial charge in [0.15, 0.2) is 5.82 Å². The molecule has 0 saturated carbocycles. The molecule has 0 radical (unpaired) electrons. The molecule has 4 rings (SSSR count). The number of rotatable bonds is 3. The van der Waals surface area contributed by atoms with Gasteiger partial charge in [-0.25, -0.2) is 9.97 Å². The molecule has 0 aliphatic carbocycles. The predicted octanol–water partition coefficient (Wildman–Crippen LogP) is 3.43. The van der Waals surface area contributed by atoms with Crippen molar-refractivity contribution in [3.63, 3.8) is 0 Å². The van der Waals surface area contributed by atoms with Crippen molar-refractivity contribution in [3.05, 3.63) is 47.5 Å². The maximum Gasteiger partial charge on any atom is 0.165 e. The summed E-state index contributed by atoms with van der Waals surface area (Å²) in [5.41, 5.74) is 1.36. The van der Waals surface area contributed by atoms with Crippen LogP contribution in [0.25, 0.3) is 22.3 Å². The number of hydrogen-bond acceptors (Lipinski definition) is 5. The number of phenols is 1. The fourth-order valence-corrected chi connectivity index (χ4v) is 3.13. The lowest BCUT2D eigenvalue weighted by Gasteiger charge is -2.15. The van der Waals surface area contributed by atoms with Crippen LogP contribution in [-0.2, 0) is 0 Å². The molecule has 1 atom stereocenters. The van der Waals surface area contributed by atoms with Crippen molar-refractivity contribution < 1.29 is 5.11 Å². The molecular weight excluding hydrogens is 324 g/mol. The van der Waals surface area contributed by atoms with Crippen molar-refractivity contribution in [2.24, 2.45) is 0 Å². The SMILES string of the molecule is Oc1ccccc1-c1nc(N[C@H]2CCNC2)c2ccc(Cl)cc2n1. The number of nitrogens with zero attached hydrogens (tertiary/aromatic N) is 2. The van der Waals surface area contributed by atoms with Crippen LogP contribution in [0.4, 0.5) is 5.82 Å². The maximum absolute atomic E-state index is 10.1. The smallest absolute Gasteiger partial charge is 0.165 e. The summed E-state index contributed by atoms with van der Waals surface area (Å²) < 4.78 is 0. The van der Waals surface area contributed by atoms with Crippen molar-refractivity contribution >= 4 is 28.3 Å². The molecule has 3 aromatic rings. The lowest BCUT2D eigenvalue weighted by molar-refractivity contribution is 0.477. The number of hydrogen-bond donors (Lipinski definition) is 3. The highest BCUT2D eigenvalue weighted by Crippen LogP contribution is 2.31. The van der Waals surface area contributed by atoms with Crippen LogP contribution >= 0.6 is 11.6 Å². The lowest BCUT2D eigenvalue weighted by Crippen LogP contribution is -2.23. The number of phenolic OH excluding ortho intramolecular Hbond substituents is 1. The van der Waals surface area contributed by atoms with E-state index >= 15 is 0 Å². The molecule has 0 spiro atoms. The Hall–Kier alpha value is -2.37. The summed E-state index contributed by atoms with van der Waals surface area (Å²) >= 11 is 6.13. The number of nitrogens with one attached hydrogen (secondary N) is 2. The minimum absolute atomic E-state index is 0.160. The topological polar surface area (TPSA) is 70.1 Å². The Morgan fingerprint density at radius 3 is 2.83 bits per heavy atom. The monoisotopic (exact) mass is 340 g/mol. The first kappa shape index (κ1) is 15.2. The number of anilines is 1. The first-order valence-corrected chi connectivity index (χ1v) is 8.31. The molecule has 2 aromatic carbocycles. The zero-order chi connectivity index (χ0) is 16.5. The van der Waals surface area contributed by atoms with Crippen LogP contribution in [0.5, 0.6) is 5.75 Å². The Morgan fingerprint density at radius 1 is 1.17 bits per heavy atom. The van der Waals surface area contributed by atoms with Crippen LogP contribution < -0.4 is 10.6 Å². The first-order valence-electron chi connectivity index (χ1n) is 7.93. The molecule has 0 amide bonds. The average molecular weight is 341 g/mol. The van der Waals surface area contributed by atoms with Gasteiger partial charge in [-0.3, -0.25) is 0 Å². The summed E-state index contributed by atoms with van der Waals surface area (Å²) in [5, 5.41) is 18.5. The van der Waals surface area contributed by atoms with E-state index in [2.05, 4.69) is 20.6 Å². The Bertz CT molecular complexity index is 893. The average Bonchev–Trinajstić information content (AvgIpc) is 3.08. The van der Waals surface area contributed by atoms with Gasteiger partial charge in [0.1, 0.15) is 11.6 Å². The van der Waals surface area contributed by atoms with E-state index in [0.29, 0.717) is 22.5 Å². The fraction of sp³-hybridized carbons (Fsp3) is 0.222. The molecule has 6 heteroatoms. The molecule has 1 aliphatic heterocycles. The Morgan fingerprint density at radius 2 is 2.04 bits per heavy atom. The third-order valence-electron chi connectivity index (χ3n) is 4.21. The third-order valence-corrected chi connectivity index (χ3v) is 4.44. The van der Waals surface area contributed by atoms with Gasteiger partial charge in [-0.1, -0.05) is 23.7 Å². The fourth-order valence-electron chi connectivity index (χ4n) is 2.97. The molecule has 1 aliphatic rings. The first-order chi connectivity index (χ1) is 11.7. The molecule has 3 N–H and O–H groups in total. The van der Waals surface area contributed by atoms with Crippen LogP contribution in [-0.4, -0.2) is 34.2 Å². The number of para-hydroxylation sites is 1. The van der Waals surface area contributed by atoms with E-state index in [-0.39, 0.29) is 5.75 Å². The van der Waals surface area contributed by atoms with Crippen molar-refractivity contribution in [2.75, 3.05) is 18.4 Å². The van der Waals surface area contributed by atoms with E-state index in [9.17, 15) is 5.11 Å². The van der Waals surface area contributed by atoms with Gasteiger partial charge in [0.25, 0.3) is 0 Å². The highest BCUT2D eigenvalue weighted by Gasteiger charge is 2.18. The number of fused-ring (bicyclic) bond motifs is 1. The van der Waals surface area contributed by atoms with Crippen molar-refractivity contribution in [2.45, 2.75) is 12.5 Å². The van der Waals surface area contributed by atoms with Crippen molar-refractivity contribution in [1.82, 2.24) is 15.3 Å². The molecular formula is C18H17ClN4O. The van der Waals surface area contributed by atoms with Gasteiger partial charge in [-0.05, 0) is 43.3 Å². The third kappa shape index (κ3) is 2.88. The van der Waals surface area contributed by atoms with E-state index < -0.39 is 0 Å². The van der Waals surface area contributed by atoms with E-state index in [0.717, 1.165) is 36.2 Å². The zero-order valence-corrected chi connectivity index (χ0v) is 13.7. The van der Waals surface area contributed by atoms with Gasteiger partial charge in [0, 0.05) is 23.0 Å². The molecule has 1 saturated heterocycles. The quantitative estimate of drug-likeness (QED) is 0.681. The summed E-state index contributed by atoms with van der Waals surface area (Å²) in [6.07, 6.45) is 1.05. The molecule has 0 unspecified atom stereocenters. The minimum Gasteiger partial charge on any atom is -0.507 e. The Balaban J connectivity index is 1.87. The normalized spacial score (nSPS) is 17.3. The molecule has 24 heavy (non-hydrogen) atoms. The van der Waals surface area contributed by atoms with Gasteiger partial charge in [0.2, 0.25) is 0 Å². The van der Waals surface area contributed by atoms with Gasteiger partial charge in [-0.2, -0.15) is 0 Å². The zero-order valence-electron chi connectivity index (χ0n) is 13.0. The van der Waals surface area contributed by atoms with Gasteiger partial charge in [-0.15, -0.1) is 0 Å². The van der Waals surface area contributed by atoms with Gasteiger partial charge in [0.05, 0.1) is 11.1 Å². The summed E-state index contributed by atoms with van der Waals surface area (Å²) in [5.74, 6) is 1.41. The highest BCUT2D eigenvalue weighted by molar-refractivity contribution is 6.31. The molecule has 0 bridgehead atoms. The van der Waals surface area contributed by atoms with E-state index in [1.165, 1.54) is 0 Å². The number of aromatic nitrogens is 2. The number of halogens is 1. The van der Waals surface area contributed by atoms with Crippen LogP contribution in [0.1, 0.15) is 6.42 Å². The van der Waals surface area contributed by atoms with Gasteiger partial charge < -0.3 is 15.7 Å². The molecule has 1 fully saturated rings. The van der Waals surface area contributed by atoms with E-state index in [4.69, 9.17) is 11.6 Å². The van der Waals surface area contributed by atoms with Crippen molar-refractivity contribution in [3.8, 4) is 17.1 Å². The largest absolute Gasteiger partial charge is 0.507 e. The number of benzene rings is 2. The Labute approximate surface area is 144 Å². The second-order valence-electron chi connectivity index (χ2n) is 5.91.